The number of thioether (sulfide) groups is 1. The van der Waals surface area contributed by atoms with Crippen molar-refractivity contribution in [3.63, 3.8) is 0 Å². The second-order valence-corrected chi connectivity index (χ2v) is 9.66. The molecule has 31 heavy (non-hydrogen) atoms. The standard InChI is InChI=1S/C24H22N2O3S2/c1-15-8-10-16(11-9-15)13-25-19-7-3-2-6-18(19)20(22(25)27)21-23(28)26(24(30)31-21)14-17-5-4-12-29-17/h2-3,6-11,17H,4-5,12-14H2,1H3/b21-20+. The van der Waals surface area contributed by atoms with Crippen molar-refractivity contribution in [2.24, 2.45) is 0 Å². The summed E-state index contributed by atoms with van der Waals surface area (Å²) in [7, 11) is 0. The summed E-state index contributed by atoms with van der Waals surface area (Å²) in [4.78, 5) is 30.6. The maximum absolute atomic E-state index is 13.5. The Morgan fingerprint density at radius 3 is 2.58 bits per heavy atom. The average molecular weight is 451 g/mol. The molecule has 3 heterocycles. The Bertz CT molecular complexity index is 1100. The Morgan fingerprint density at radius 2 is 1.84 bits per heavy atom. The van der Waals surface area contributed by atoms with Crippen LogP contribution in [-0.4, -0.2) is 40.3 Å². The molecule has 2 fully saturated rings. The monoisotopic (exact) mass is 450 g/mol. The van der Waals surface area contributed by atoms with Crippen molar-refractivity contribution in [3.8, 4) is 0 Å². The minimum absolute atomic E-state index is 0.0106. The van der Waals surface area contributed by atoms with E-state index in [-0.39, 0.29) is 17.9 Å². The van der Waals surface area contributed by atoms with Gasteiger partial charge in [0.15, 0.2) is 0 Å². The third kappa shape index (κ3) is 3.71. The van der Waals surface area contributed by atoms with E-state index >= 15 is 0 Å². The fourth-order valence-corrected chi connectivity index (χ4v) is 5.58. The van der Waals surface area contributed by atoms with Crippen LogP contribution in [0.25, 0.3) is 5.57 Å². The van der Waals surface area contributed by atoms with Crippen molar-refractivity contribution in [3.05, 3.63) is 70.1 Å². The van der Waals surface area contributed by atoms with Gasteiger partial charge in [-0.3, -0.25) is 14.5 Å². The van der Waals surface area contributed by atoms with Gasteiger partial charge in [0, 0.05) is 12.2 Å². The normalized spacial score (nSPS) is 23.3. The van der Waals surface area contributed by atoms with Gasteiger partial charge in [0.1, 0.15) is 4.32 Å². The summed E-state index contributed by atoms with van der Waals surface area (Å²) in [5.74, 6) is -0.347. The van der Waals surface area contributed by atoms with Crippen molar-refractivity contribution >= 4 is 51.4 Å². The van der Waals surface area contributed by atoms with Crippen LogP contribution in [-0.2, 0) is 20.9 Å². The van der Waals surface area contributed by atoms with Gasteiger partial charge in [-0.15, -0.1) is 0 Å². The van der Waals surface area contributed by atoms with E-state index in [2.05, 4.69) is 0 Å². The van der Waals surface area contributed by atoms with Gasteiger partial charge < -0.3 is 9.64 Å². The number of hydrogen-bond donors (Lipinski definition) is 0. The fraction of sp³-hybridized carbons (Fsp3) is 0.292. The van der Waals surface area contributed by atoms with Gasteiger partial charge >= 0.3 is 0 Å². The lowest BCUT2D eigenvalue weighted by molar-refractivity contribution is -0.123. The van der Waals surface area contributed by atoms with Crippen LogP contribution in [0.3, 0.4) is 0 Å². The van der Waals surface area contributed by atoms with Crippen LogP contribution >= 0.6 is 24.0 Å². The van der Waals surface area contributed by atoms with Crippen molar-refractivity contribution in [2.45, 2.75) is 32.4 Å². The number of anilines is 1. The number of nitrogens with zero attached hydrogens (tertiary/aromatic N) is 2. The van der Waals surface area contributed by atoms with Gasteiger partial charge in [-0.1, -0.05) is 72.0 Å². The van der Waals surface area contributed by atoms with Crippen LogP contribution < -0.4 is 4.90 Å². The number of amides is 2. The van der Waals surface area contributed by atoms with E-state index in [1.54, 1.807) is 9.80 Å². The largest absolute Gasteiger partial charge is 0.376 e. The van der Waals surface area contributed by atoms with Gasteiger partial charge in [0.25, 0.3) is 11.8 Å². The zero-order chi connectivity index (χ0) is 21.5. The molecule has 0 spiro atoms. The topological polar surface area (TPSA) is 49.9 Å². The Balaban J connectivity index is 1.49. The number of ether oxygens (including phenoxy) is 1. The third-order valence-electron chi connectivity index (χ3n) is 5.87. The molecule has 2 saturated heterocycles. The first kappa shape index (κ1) is 20.4. The molecular formula is C24H22N2O3S2. The quantitative estimate of drug-likeness (QED) is 0.514. The molecule has 3 aliphatic heterocycles. The van der Waals surface area contributed by atoms with E-state index in [0.29, 0.717) is 27.9 Å². The Morgan fingerprint density at radius 1 is 1.06 bits per heavy atom. The molecule has 3 aliphatic rings. The number of carbonyl (C=O) groups is 2. The third-order valence-corrected chi connectivity index (χ3v) is 7.32. The number of para-hydroxylation sites is 1. The van der Waals surface area contributed by atoms with Gasteiger partial charge in [0.2, 0.25) is 0 Å². The van der Waals surface area contributed by atoms with Crippen molar-refractivity contribution in [1.82, 2.24) is 4.90 Å². The summed E-state index contributed by atoms with van der Waals surface area (Å²) in [6, 6.07) is 15.8. The molecule has 2 amide bonds. The number of rotatable bonds is 4. The highest BCUT2D eigenvalue weighted by atomic mass is 32.2. The van der Waals surface area contributed by atoms with E-state index in [9.17, 15) is 9.59 Å². The molecule has 0 bridgehead atoms. The molecule has 0 aromatic heterocycles. The SMILES string of the molecule is Cc1ccc(CN2C(=O)/C(=C3/SC(=S)N(CC4CCCO4)C3=O)c3ccccc32)cc1. The summed E-state index contributed by atoms with van der Waals surface area (Å²) in [5.41, 5.74) is 4.29. The van der Waals surface area contributed by atoms with Crippen molar-refractivity contribution in [2.75, 3.05) is 18.1 Å². The molecule has 2 aromatic rings. The molecule has 1 unspecified atom stereocenters. The molecular weight excluding hydrogens is 428 g/mol. The first-order valence-corrected chi connectivity index (χ1v) is 11.6. The predicted octanol–water partition coefficient (Wildman–Crippen LogP) is 4.29. The molecule has 0 N–H and O–H groups in total. The van der Waals surface area contributed by atoms with Crippen LogP contribution in [0, 0.1) is 6.92 Å². The number of aryl methyl sites for hydroxylation is 1. The van der Waals surface area contributed by atoms with Gasteiger partial charge in [-0.05, 0) is 31.4 Å². The van der Waals surface area contributed by atoms with Crippen LogP contribution in [0.2, 0.25) is 0 Å². The Hall–Kier alpha value is -2.48. The summed E-state index contributed by atoms with van der Waals surface area (Å²) in [6.45, 7) is 3.66. The highest BCUT2D eigenvalue weighted by Gasteiger charge is 2.42. The summed E-state index contributed by atoms with van der Waals surface area (Å²) < 4.78 is 6.18. The number of benzene rings is 2. The molecule has 1 atom stereocenters. The van der Waals surface area contributed by atoms with E-state index < -0.39 is 0 Å². The van der Waals surface area contributed by atoms with E-state index in [4.69, 9.17) is 17.0 Å². The molecule has 5 rings (SSSR count). The van der Waals surface area contributed by atoms with Crippen LogP contribution in [0.4, 0.5) is 5.69 Å². The maximum atomic E-state index is 13.5. The lowest BCUT2D eigenvalue weighted by Gasteiger charge is -2.18. The minimum Gasteiger partial charge on any atom is -0.376 e. The molecule has 5 nitrogen and oxygen atoms in total. The Labute approximate surface area is 191 Å². The second kappa shape index (κ2) is 8.22. The number of hydrogen-bond acceptors (Lipinski definition) is 5. The number of fused-ring (bicyclic) bond motifs is 1. The maximum Gasteiger partial charge on any atom is 0.267 e. The predicted molar refractivity (Wildman–Crippen MR) is 127 cm³/mol. The lowest BCUT2D eigenvalue weighted by Crippen LogP contribution is -2.35. The first-order valence-electron chi connectivity index (χ1n) is 10.4. The molecule has 0 saturated carbocycles. The van der Waals surface area contributed by atoms with Crippen LogP contribution in [0.1, 0.15) is 29.5 Å². The number of thiocarbonyl (C=S) groups is 1. The zero-order valence-electron chi connectivity index (χ0n) is 17.2. The molecule has 0 radical (unpaired) electrons. The molecule has 2 aromatic carbocycles. The lowest BCUT2D eigenvalue weighted by atomic mass is 10.1. The fourth-order valence-electron chi connectivity index (χ4n) is 4.23. The Kier molecular flexibility index (Phi) is 5.42. The molecule has 7 heteroatoms. The van der Waals surface area contributed by atoms with Gasteiger partial charge in [-0.25, -0.2) is 0 Å². The van der Waals surface area contributed by atoms with Crippen LogP contribution in [0.15, 0.2) is 53.4 Å². The van der Waals surface area contributed by atoms with E-state index in [0.717, 1.165) is 36.3 Å². The van der Waals surface area contributed by atoms with E-state index in [1.165, 1.54) is 17.3 Å². The smallest absolute Gasteiger partial charge is 0.267 e. The van der Waals surface area contributed by atoms with Gasteiger partial charge in [0.05, 0.1) is 35.4 Å². The first-order chi connectivity index (χ1) is 15.0. The van der Waals surface area contributed by atoms with E-state index in [1.807, 2.05) is 55.5 Å². The summed E-state index contributed by atoms with van der Waals surface area (Å²) >= 11 is 6.73. The summed E-state index contributed by atoms with van der Waals surface area (Å²) in [5, 5.41) is 0. The summed E-state index contributed by atoms with van der Waals surface area (Å²) in [6.07, 6.45) is 1.94. The highest BCUT2D eigenvalue weighted by molar-refractivity contribution is 8.26. The second-order valence-electron chi connectivity index (χ2n) is 8.02. The van der Waals surface area contributed by atoms with Crippen molar-refractivity contribution < 1.29 is 14.3 Å². The average Bonchev–Trinajstić information content (AvgIpc) is 3.45. The van der Waals surface area contributed by atoms with Crippen LogP contribution in [0.5, 0.6) is 0 Å². The minimum atomic E-state index is -0.194. The highest BCUT2D eigenvalue weighted by Crippen LogP contribution is 2.45. The van der Waals surface area contributed by atoms with Crippen molar-refractivity contribution in [1.29, 1.82) is 0 Å². The number of carbonyl (C=O) groups excluding carboxylic acids is 2. The molecule has 0 aliphatic carbocycles. The zero-order valence-corrected chi connectivity index (χ0v) is 18.8. The molecule has 158 valence electrons. The van der Waals surface area contributed by atoms with Gasteiger partial charge in [-0.2, -0.15) is 0 Å².